The van der Waals surface area contributed by atoms with Gasteiger partial charge >= 0.3 is 0 Å². The topological polar surface area (TPSA) is 46.4 Å². The summed E-state index contributed by atoms with van der Waals surface area (Å²) in [5.74, 6) is -0.153. The van der Waals surface area contributed by atoms with Gasteiger partial charge in [-0.2, -0.15) is 5.10 Å². The van der Waals surface area contributed by atoms with Crippen molar-refractivity contribution in [3.8, 4) is 5.69 Å². The van der Waals surface area contributed by atoms with Crippen LogP contribution in [0.1, 0.15) is 22.5 Å². The molecule has 0 saturated heterocycles. The third-order valence-corrected chi connectivity index (χ3v) is 5.01. The molecule has 4 nitrogen and oxygen atoms in total. The number of benzene rings is 2. The lowest BCUT2D eigenvalue weighted by Gasteiger charge is -2.09. The number of nitrogens with one attached hydrogen (secondary N) is 1. The van der Waals surface area contributed by atoms with E-state index in [4.69, 9.17) is 11.6 Å². The fourth-order valence-corrected chi connectivity index (χ4v) is 3.30. The molecule has 0 aliphatic heterocycles. The Morgan fingerprint density at radius 3 is 2.48 bits per heavy atom. The van der Waals surface area contributed by atoms with Crippen molar-refractivity contribution in [3.05, 3.63) is 86.6 Å². The van der Waals surface area contributed by atoms with Gasteiger partial charge in [0.25, 0.3) is 0 Å². The molecule has 0 atom stereocenters. The van der Waals surface area contributed by atoms with Crippen molar-refractivity contribution < 1.29 is 4.79 Å². The standard InChI is InChI=1S/C21H19BrClN3O/c1-14-11-17(15(2)26(14)20-9-7-19(23)8-10-20)13-24-25-21(27)12-16-3-5-18(22)6-4-16/h3-11,13H,12H2,1-2H3,(H,25,27)/b24-13+. The highest BCUT2D eigenvalue weighted by atomic mass is 79.9. The minimum Gasteiger partial charge on any atom is -0.318 e. The molecule has 1 heterocycles. The second-order valence-electron chi connectivity index (χ2n) is 6.23. The van der Waals surface area contributed by atoms with Crippen LogP contribution >= 0.6 is 27.5 Å². The van der Waals surface area contributed by atoms with E-state index in [0.717, 1.165) is 32.7 Å². The van der Waals surface area contributed by atoms with Gasteiger partial charge in [-0.1, -0.05) is 39.7 Å². The maximum absolute atomic E-state index is 12.0. The highest BCUT2D eigenvalue weighted by molar-refractivity contribution is 9.10. The van der Waals surface area contributed by atoms with E-state index in [1.54, 1.807) is 6.21 Å². The van der Waals surface area contributed by atoms with E-state index in [2.05, 4.69) is 31.0 Å². The molecule has 138 valence electrons. The molecule has 0 fully saturated rings. The number of carbonyl (C=O) groups excluding carboxylic acids is 1. The Labute approximate surface area is 172 Å². The highest BCUT2D eigenvalue weighted by Gasteiger charge is 2.09. The number of rotatable bonds is 5. The monoisotopic (exact) mass is 443 g/mol. The number of halogens is 2. The van der Waals surface area contributed by atoms with Crippen LogP contribution in [0.4, 0.5) is 0 Å². The summed E-state index contributed by atoms with van der Waals surface area (Å²) in [6.07, 6.45) is 1.96. The first-order chi connectivity index (χ1) is 12.9. The van der Waals surface area contributed by atoms with Crippen molar-refractivity contribution in [1.82, 2.24) is 9.99 Å². The number of amides is 1. The summed E-state index contributed by atoms with van der Waals surface area (Å²) in [6.45, 7) is 4.05. The number of hydrogen-bond acceptors (Lipinski definition) is 2. The molecular weight excluding hydrogens is 426 g/mol. The Hall–Kier alpha value is -2.37. The van der Waals surface area contributed by atoms with Gasteiger partial charge in [0, 0.05) is 32.1 Å². The predicted molar refractivity (Wildman–Crippen MR) is 114 cm³/mol. The van der Waals surface area contributed by atoms with Gasteiger partial charge in [0.05, 0.1) is 12.6 Å². The van der Waals surface area contributed by atoms with Crippen LogP contribution in [-0.4, -0.2) is 16.7 Å². The number of nitrogens with zero attached hydrogens (tertiary/aromatic N) is 2. The van der Waals surface area contributed by atoms with Crippen molar-refractivity contribution in [3.63, 3.8) is 0 Å². The molecule has 0 radical (unpaired) electrons. The van der Waals surface area contributed by atoms with Crippen LogP contribution < -0.4 is 5.43 Å². The van der Waals surface area contributed by atoms with Gasteiger partial charge in [-0.05, 0) is 61.9 Å². The number of hydrogen-bond donors (Lipinski definition) is 1. The Morgan fingerprint density at radius 2 is 1.81 bits per heavy atom. The van der Waals surface area contributed by atoms with Crippen LogP contribution in [-0.2, 0) is 11.2 Å². The van der Waals surface area contributed by atoms with Gasteiger partial charge in [-0.3, -0.25) is 4.79 Å². The van der Waals surface area contributed by atoms with E-state index in [1.165, 1.54) is 0 Å². The molecule has 0 aliphatic carbocycles. The predicted octanol–water partition coefficient (Wildman–Crippen LogP) is 5.20. The second kappa shape index (κ2) is 8.55. The highest BCUT2D eigenvalue weighted by Crippen LogP contribution is 2.21. The van der Waals surface area contributed by atoms with Gasteiger partial charge < -0.3 is 4.57 Å². The van der Waals surface area contributed by atoms with Crippen LogP contribution in [0.25, 0.3) is 5.69 Å². The largest absolute Gasteiger partial charge is 0.318 e. The lowest BCUT2D eigenvalue weighted by Crippen LogP contribution is -2.19. The Balaban J connectivity index is 1.68. The summed E-state index contributed by atoms with van der Waals surface area (Å²) in [5.41, 5.74) is 7.64. The molecule has 3 rings (SSSR count). The number of hydrazone groups is 1. The summed E-state index contributed by atoms with van der Waals surface area (Å²) < 4.78 is 3.11. The fourth-order valence-electron chi connectivity index (χ4n) is 2.91. The summed E-state index contributed by atoms with van der Waals surface area (Å²) >= 11 is 9.36. The van der Waals surface area contributed by atoms with Gasteiger partial charge in [-0.15, -0.1) is 0 Å². The van der Waals surface area contributed by atoms with Crippen LogP contribution in [0.2, 0.25) is 5.02 Å². The SMILES string of the molecule is Cc1cc(/C=N/NC(=O)Cc2ccc(Br)cc2)c(C)n1-c1ccc(Cl)cc1. The molecule has 0 spiro atoms. The average Bonchev–Trinajstić information content (AvgIpc) is 2.92. The molecule has 27 heavy (non-hydrogen) atoms. The maximum atomic E-state index is 12.0. The second-order valence-corrected chi connectivity index (χ2v) is 7.59. The van der Waals surface area contributed by atoms with E-state index in [0.29, 0.717) is 5.02 Å². The van der Waals surface area contributed by atoms with Crippen molar-refractivity contribution >= 4 is 39.7 Å². The number of carbonyl (C=O) groups is 1. The van der Waals surface area contributed by atoms with E-state index in [-0.39, 0.29) is 12.3 Å². The number of aromatic nitrogens is 1. The van der Waals surface area contributed by atoms with E-state index in [1.807, 2.05) is 68.4 Å². The van der Waals surface area contributed by atoms with Crippen molar-refractivity contribution in [2.24, 2.45) is 5.10 Å². The summed E-state index contributed by atoms with van der Waals surface area (Å²) in [7, 11) is 0. The summed E-state index contributed by atoms with van der Waals surface area (Å²) in [4.78, 5) is 12.0. The molecule has 0 unspecified atom stereocenters. The van der Waals surface area contributed by atoms with E-state index in [9.17, 15) is 4.79 Å². The van der Waals surface area contributed by atoms with Gasteiger partial charge in [0.15, 0.2) is 0 Å². The average molecular weight is 445 g/mol. The van der Waals surface area contributed by atoms with Crippen molar-refractivity contribution in [1.29, 1.82) is 0 Å². The van der Waals surface area contributed by atoms with Crippen molar-refractivity contribution in [2.45, 2.75) is 20.3 Å². The first-order valence-corrected chi connectivity index (χ1v) is 9.62. The van der Waals surface area contributed by atoms with Crippen LogP contribution in [0.15, 0.2) is 64.2 Å². The maximum Gasteiger partial charge on any atom is 0.244 e. The summed E-state index contributed by atoms with van der Waals surface area (Å²) in [6, 6.07) is 17.4. The minimum atomic E-state index is -0.153. The number of aryl methyl sites for hydroxylation is 1. The van der Waals surface area contributed by atoms with Gasteiger partial charge in [0.1, 0.15) is 0 Å². The molecule has 0 aliphatic rings. The lowest BCUT2D eigenvalue weighted by molar-refractivity contribution is -0.120. The molecule has 3 aromatic rings. The fraction of sp³-hybridized carbons (Fsp3) is 0.143. The third-order valence-electron chi connectivity index (χ3n) is 4.23. The molecule has 6 heteroatoms. The zero-order chi connectivity index (χ0) is 19.4. The van der Waals surface area contributed by atoms with Crippen LogP contribution in [0.3, 0.4) is 0 Å². The molecule has 0 saturated carbocycles. The van der Waals surface area contributed by atoms with E-state index >= 15 is 0 Å². The molecular formula is C21H19BrClN3O. The Bertz CT molecular complexity index is 976. The van der Waals surface area contributed by atoms with Crippen molar-refractivity contribution in [2.75, 3.05) is 0 Å². The molecule has 2 aromatic carbocycles. The first kappa shape index (κ1) is 19.4. The van der Waals surface area contributed by atoms with Gasteiger partial charge in [0.2, 0.25) is 5.91 Å². The quantitative estimate of drug-likeness (QED) is 0.426. The minimum absolute atomic E-state index is 0.153. The molecule has 1 N–H and O–H groups in total. The molecule has 1 aromatic heterocycles. The normalized spacial score (nSPS) is 11.1. The van der Waals surface area contributed by atoms with E-state index < -0.39 is 0 Å². The Kier molecular flexibility index (Phi) is 6.14. The Morgan fingerprint density at radius 1 is 1.15 bits per heavy atom. The first-order valence-electron chi connectivity index (χ1n) is 8.45. The zero-order valence-corrected chi connectivity index (χ0v) is 17.4. The van der Waals surface area contributed by atoms with Crippen LogP contribution in [0.5, 0.6) is 0 Å². The van der Waals surface area contributed by atoms with Gasteiger partial charge in [-0.25, -0.2) is 5.43 Å². The molecule has 0 bridgehead atoms. The third kappa shape index (κ3) is 4.87. The zero-order valence-electron chi connectivity index (χ0n) is 15.0. The smallest absolute Gasteiger partial charge is 0.244 e. The lowest BCUT2D eigenvalue weighted by atomic mass is 10.1. The summed E-state index contributed by atoms with van der Waals surface area (Å²) in [5, 5.41) is 4.82. The molecule has 1 amide bonds. The van der Waals surface area contributed by atoms with Crippen LogP contribution in [0, 0.1) is 13.8 Å².